The molecule has 0 atom stereocenters. The monoisotopic (exact) mass is 355 g/mol. The zero-order chi connectivity index (χ0) is 11.3. The van der Waals surface area contributed by atoms with Crippen molar-refractivity contribution in [2.45, 2.75) is 0 Å². The van der Waals surface area contributed by atoms with Crippen LogP contribution in [0.4, 0.5) is 0 Å². The number of hydrogen-bond acceptors (Lipinski definition) is 4. The first-order valence-electron chi connectivity index (χ1n) is 4.62. The van der Waals surface area contributed by atoms with Crippen molar-refractivity contribution in [3.05, 3.63) is 17.0 Å². The maximum atomic E-state index is 6.04. The predicted molar refractivity (Wildman–Crippen MR) is 60.2 cm³/mol. The van der Waals surface area contributed by atoms with Crippen LogP contribution in [0.5, 0.6) is 0 Å². The summed E-state index contributed by atoms with van der Waals surface area (Å²) < 4.78 is 9.95. The number of rotatable bonds is 6. The van der Waals surface area contributed by atoms with Gasteiger partial charge >= 0.3 is 19.5 Å². The maximum absolute atomic E-state index is 6.04. The molecule has 16 heavy (non-hydrogen) atoms. The van der Waals surface area contributed by atoms with E-state index >= 15 is 0 Å². The van der Waals surface area contributed by atoms with Gasteiger partial charge in [-0.15, -0.1) is 0 Å². The Morgan fingerprint density at radius 1 is 1.00 bits per heavy atom. The Morgan fingerprint density at radius 3 is 1.69 bits per heavy atom. The van der Waals surface area contributed by atoms with Crippen molar-refractivity contribution in [2.24, 2.45) is 0 Å². The van der Waals surface area contributed by atoms with Gasteiger partial charge in [-0.05, 0) is 0 Å². The summed E-state index contributed by atoms with van der Waals surface area (Å²) in [4.78, 5) is 3.70. The minimum atomic E-state index is 0. The molecule has 0 amide bonds. The van der Waals surface area contributed by atoms with E-state index in [9.17, 15) is 0 Å². The summed E-state index contributed by atoms with van der Waals surface area (Å²) in [6, 6.07) is 0. The van der Waals surface area contributed by atoms with Gasteiger partial charge in [0.15, 0.2) is 0 Å². The van der Waals surface area contributed by atoms with Crippen LogP contribution in [0.3, 0.4) is 0 Å². The zero-order valence-electron chi connectivity index (χ0n) is 9.23. The molecular weight excluding hydrogens is 340 g/mol. The van der Waals surface area contributed by atoms with Gasteiger partial charge in [0.05, 0.1) is 13.2 Å². The molecule has 0 aromatic carbocycles. The van der Waals surface area contributed by atoms with E-state index < -0.39 is 0 Å². The van der Waals surface area contributed by atoms with Crippen molar-refractivity contribution >= 4 is 23.2 Å². The third-order valence-corrected chi connectivity index (χ3v) is 2.91. The molecule has 0 aromatic heterocycles. The topological polar surface area (TPSA) is 24.9 Å². The molecular formula is C9H15Cl2N2O2Ru. The summed E-state index contributed by atoms with van der Waals surface area (Å²) in [6.45, 7) is 4.46. The van der Waals surface area contributed by atoms with Gasteiger partial charge in [0.25, 0.3) is 0 Å². The van der Waals surface area contributed by atoms with Gasteiger partial charge in [-0.2, -0.15) is 6.67 Å². The molecule has 1 heterocycles. The molecule has 0 N–H and O–H groups in total. The Balaban J connectivity index is 0.00000225. The molecule has 7 heteroatoms. The van der Waals surface area contributed by atoms with E-state index in [1.165, 1.54) is 0 Å². The molecule has 4 nitrogen and oxygen atoms in total. The molecule has 1 aliphatic rings. The van der Waals surface area contributed by atoms with Crippen molar-refractivity contribution in [3.63, 3.8) is 0 Å². The SMILES string of the molecule is COCCN1[CH-]N(CCOC)C(Cl)=C1Cl.[Ru+]. The maximum Gasteiger partial charge on any atom is 1.00 e. The van der Waals surface area contributed by atoms with Gasteiger partial charge in [0, 0.05) is 27.3 Å². The summed E-state index contributed by atoms with van der Waals surface area (Å²) in [5.41, 5.74) is 0. The quantitative estimate of drug-likeness (QED) is 0.411. The Kier molecular flexibility index (Phi) is 8.79. The second kappa shape index (κ2) is 8.54. The summed E-state index contributed by atoms with van der Waals surface area (Å²) in [7, 11) is 3.30. The Hall–Kier alpha value is 0.463. The van der Waals surface area contributed by atoms with Crippen LogP contribution in [-0.4, -0.2) is 50.3 Å². The number of nitrogens with zero attached hydrogens (tertiary/aromatic N) is 2. The van der Waals surface area contributed by atoms with E-state index in [1.807, 2.05) is 16.5 Å². The number of hydrogen-bond donors (Lipinski definition) is 0. The van der Waals surface area contributed by atoms with E-state index in [4.69, 9.17) is 32.7 Å². The molecule has 95 valence electrons. The van der Waals surface area contributed by atoms with Crippen LogP contribution >= 0.6 is 23.2 Å². The Labute approximate surface area is 119 Å². The minimum absolute atomic E-state index is 0. The van der Waals surface area contributed by atoms with Gasteiger partial charge in [0.2, 0.25) is 0 Å². The average molecular weight is 355 g/mol. The van der Waals surface area contributed by atoms with Gasteiger partial charge in [-0.3, -0.25) is 0 Å². The predicted octanol–water partition coefficient (Wildman–Crippen LogP) is 1.62. The second-order valence-electron chi connectivity index (χ2n) is 3.07. The van der Waals surface area contributed by atoms with Gasteiger partial charge < -0.3 is 19.3 Å². The van der Waals surface area contributed by atoms with Crippen LogP contribution in [-0.2, 0) is 29.0 Å². The summed E-state index contributed by atoms with van der Waals surface area (Å²) in [6.07, 6.45) is 0. The third kappa shape index (κ3) is 4.38. The van der Waals surface area contributed by atoms with Crippen LogP contribution in [0.1, 0.15) is 0 Å². The molecule has 1 radical (unpaired) electrons. The van der Waals surface area contributed by atoms with E-state index in [2.05, 4.69) is 0 Å². The smallest absolute Gasteiger partial charge is 0.490 e. The van der Waals surface area contributed by atoms with Gasteiger partial charge in [0.1, 0.15) is 10.3 Å². The van der Waals surface area contributed by atoms with Crippen molar-refractivity contribution in [1.82, 2.24) is 9.80 Å². The molecule has 1 aliphatic heterocycles. The standard InChI is InChI=1S/C9H15Cl2N2O2.Ru/c1-14-5-3-12-7-13(4-6-15-2)9(11)8(12)10;/h7H,3-6H2,1-2H3;/q-1;+1. The zero-order valence-corrected chi connectivity index (χ0v) is 12.5. The largest absolute Gasteiger partial charge is 1.00 e. The minimum Gasteiger partial charge on any atom is -0.490 e. The Bertz CT molecular complexity index is 220. The molecule has 0 spiro atoms. The van der Waals surface area contributed by atoms with Crippen LogP contribution in [0, 0.1) is 6.67 Å². The molecule has 0 saturated carbocycles. The molecule has 0 aromatic rings. The van der Waals surface area contributed by atoms with Gasteiger partial charge in [-0.1, -0.05) is 23.2 Å². The second-order valence-corrected chi connectivity index (χ2v) is 3.79. The molecule has 0 unspecified atom stereocenters. The van der Waals surface area contributed by atoms with Crippen LogP contribution < -0.4 is 0 Å². The number of ether oxygens (including phenoxy) is 2. The fourth-order valence-corrected chi connectivity index (χ4v) is 1.67. The first-order chi connectivity index (χ1) is 7.20. The fourth-order valence-electron chi connectivity index (χ4n) is 1.20. The molecule has 0 bridgehead atoms. The fraction of sp³-hybridized carbons (Fsp3) is 0.667. The van der Waals surface area contributed by atoms with E-state index in [0.29, 0.717) is 36.6 Å². The van der Waals surface area contributed by atoms with Gasteiger partial charge in [-0.25, -0.2) is 0 Å². The van der Waals surface area contributed by atoms with Crippen molar-refractivity contribution in [1.29, 1.82) is 0 Å². The molecule has 0 aliphatic carbocycles. The normalized spacial score (nSPS) is 15.8. The van der Waals surface area contributed by atoms with E-state index in [1.54, 1.807) is 14.2 Å². The van der Waals surface area contributed by atoms with Crippen LogP contribution in [0.15, 0.2) is 10.3 Å². The summed E-state index contributed by atoms with van der Waals surface area (Å²) in [5, 5.41) is 1.06. The van der Waals surface area contributed by atoms with E-state index in [-0.39, 0.29) is 19.5 Å². The Morgan fingerprint density at radius 2 is 1.38 bits per heavy atom. The van der Waals surface area contributed by atoms with Crippen LogP contribution in [0.25, 0.3) is 0 Å². The molecule has 1 rings (SSSR count). The van der Waals surface area contributed by atoms with E-state index in [0.717, 1.165) is 0 Å². The van der Waals surface area contributed by atoms with Crippen LogP contribution in [0.2, 0.25) is 0 Å². The summed E-state index contributed by atoms with van der Waals surface area (Å²) >= 11 is 12.1. The van der Waals surface area contributed by atoms with Crippen molar-refractivity contribution < 1.29 is 29.0 Å². The number of methoxy groups -OCH3 is 2. The molecule has 0 saturated heterocycles. The third-order valence-electron chi connectivity index (χ3n) is 2.03. The average Bonchev–Trinajstić information content (AvgIpc) is 2.51. The first kappa shape index (κ1) is 16.5. The first-order valence-corrected chi connectivity index (χ1v) is 5.37. The van der Waals surface area contributed by atoms with Crippen molar-refractivity contribution in [2.75, 3.05) is 40.5 Å². The summed E-state index contributed by atoms with van der Waals surface area (Å²) in [5.74, 6) is 0. The number of halogens is 2. The molecule has 0 fully saturated rings. The van der Waals surface area contributed by atoms with Crippen molar-refractivity contribution in [3.8, 4) is 0 Å².